The average Bonchev–Trinajstić information content (AvgIpc) is 3.75. The quantitative estimate of drug-likeness (QED) is 0.231. The van der Waals surface area contributed by atoms with Gasteiger partial charge in [0.05, 0.1) is 12.7 Å². The first-order valence-corrected chi connectivity index (χ1v) is 13.4. The number of nitriles is 1. The standard InChI is InChI=1S/C28H26F3N5O4.CH3NO/c29-28(30,31)39-24-4-2-1-3-21(24)25-22(26(40-35-25)17-5-6-17)16-38-20-11-13-36(14-12-20)19-9-7-18(8-10-19)34-27(37)23(33)15-32;2-1-3/h1-4,7-10,17,20,33H,5-6,11-14,16H2,(H,34,37);1H,(H2,2,3). The number of aromatic nitrogens is 1. The fraction of sp³-hybridized carbons (Fsp3) is 0.345. The summed E-state index contributed by atoms with van der Waals surface area (Å²) in [6.07, 6.45) is -1.29. The summed E-state index contributed by atoms with van der Waals surface area (Å²) in [6, 6.07) is 14.5. The van der Waals surface area contributed by atoms with Gasteiger partial charge in [-0.05, 0) is 62.1 Å². The van der Waals surface area contributed by atoms with E-state index in [-0.39, 0.29) is 36.4 Å². The van der Waals surface area contributed by atoms with Crippen LogP contribution in [0.5, 0.6) is 5.75 Å². The van der Waals surface area contributed by atoms with Crippen LogP contribution in [0, 0.1) is 16.7 Å². The number of hydrogen-bond donors (Lipinski definition) is 3. The molecule has 1 aromatic heterocycles. The van der Waals surface area contributed by atoms with Crippen LogP contribution >= 0.6 is 0 Å². The largest absolute Gasteiger partial charge is 0.573 e. The zero-order chi connectivity index (χ0) is 31.0. The topological polar surface area (TPSA) is 168 Å². The number of para-hydroxylation sites is 1. The van der Waals surface area contributed by atoms with Gasteiger partial charge >= 0.3 is 6.36 Å². The van der Waals surface area contributed by atoms with Gasteiger partial charge in [-0.1, -0.05) is 17.3 Å². The second-order valence-corrected chi connectivity index (χ2v) is 9.81. The summed E-state index contributed by atoms with van der Waals surface area (Å²) in [5, 5.41) is 22.6. The molecule has 0 atom stereocenters. The van der Waals surface area contributed by atoms with Gasteiger partial charge in [0, 0.05) is 41.5 Å². The first kappa shape index (κ1) is 31.0. The third-order valence-electron chi connectivity index (χ3n) is 6.87. The molecule has 2 aromatic carbocycles. The third kappa shape index (κ3) is 8.32. The molecule has 11 nitrogen and oxygen atoms in total. The molecule has 5 rings (SSSR count). The number of piperidine rings is 1. The second-order valence-electron chi connectivity index (χ2n) is 9.81. The van der Waals surface area contributed by atoms with E-state index < -0.39 is 18.0 Å². The molecule has 2 aliphatic rings. The number of primary amides is 1. The van der Waals surface area contributed by atoms with E-state index in [4.69, 9.17) is 24.7 Å². The van der Waals surface area contributed by atoms with Crippen molar-refractivity contribution in [1.29, 1.82) is 10.7 Å². The van der Waals surface area contributed by atoms with Gasteiger partial charge in [0.15, 0.2) is 5.71 Å². The van der Waals surface area contributed by atoms with Crippen molar-refractivity contribution in [3.63, 3.8) is 0 Å². The Kier molecular flexibility index (Phi) is 9.99. The van der Waals surface area contributed by atoms with Gasteiger partial charge in [-0.25, -0.2) is 0 Å². The van der Waals surface area contributed by atoms with E-state index in [0.29, 0.717) is 22.7 Å². The summed E-state index contributed by atoms with van der Waals surface area (Å²) in [5.41, 5.74) is 6.12. The number of carbonyl (C=O) groups excluding carboxylic acids is 2. The van der Waals surface area contributed by atoms with Gasteiger partial charge in [-0.3, -0.25) is 15.0 Å². The highest BCUT2D eigenvalue weighted by molar-refractivity contribution is 6.47. The van der Waals surface area contributed by atoms with Crippen LogP contribution in [0.1, 0.15) is 42.9 Å². The molecule has 2 fully saturated rings. The fourth-order valence-electron chi connectivity index (χ4n) is 4.70. The van der Waals surface area contributed by atoms with Gasteiger partial charge in [-0.15, -0.1) is 13.2 Å². The molecule has 0 spiro atoms. The Hall–Kier alpha value is -4.90. The Balaban J connectivity index is 0.00000135. The number of rotatable bonds is 9. The number of hydrogen-bond acceptors (Lipinski definition) is 9. The zero-order valence-corrected chi connectivity index (χ0v) is 22.9. The number of carbonyl (C=O) groups is 2. The highest BCUT2D eigenvalue weighted by atomic mass is 19.4. The summed E-state index contributed by atoms with van der Waals surface area (Å²) in [4.78, 5) is 22.5. The van der Waals surface area contributed by atoms with Crippen LogP contribution in [0.15, 0.2) is 53.1 Å². The highest BCUT2D eigenvalue weighted by Crippen LogP contribution is 2.45. The van der Waals surface area contributed by atoms with Crippen molar-refractivity contribution in [1.82, 2.24) is 5.16 Å². The lowest BCUT2D eigenvalue weighted by atomic mass is 10.0. The summed E-state index contributed by atoms with van der Waals surface area (Å²) in [6.45, 7) is 1.62. The predicted molar refractivity (Wildman–Crippen MR) is 149 cm³/mol. The van der Waals surface area contributed by atoms with Crippen molar-refractivity contribution in [2.24, 2.45) is 5.73 Å². The van der Waals surface area contributed by atoms with Crippen molar-refractivity contribution in [3.05, 3.63) is 59.9 Å². The van der Waals surface area contributed by atoms with E-state index in [9.17, 15) is 18.0 Å². The Labute approximate surface area is 244 Å². The van der Waals surface area contributed by atoms with Gasteiger partial charge in [0.2, 0.25) is 6.41 Å². The smallest absolute Gasteiger partial charge is 0.405 e. The number of amides is 2. The van der Waals surface area contributed by atoms with Crippen molar-refractivity contribution in [2.45, 2.75) is 50.7 Å². The number of benzene rings is 2. The minimum Gasteiger partial charge on any atom is -0.405 e. The first-order valence-electron chi connectivity index (χ1n) is 13.4. The molecular formula is C29H29F3N6O5. The lowest BCUT2D eigenvalue weighted by Gasteiger charge is -2.33. The van der Waals surface area contributed by atoms with Crippen LogP contribution in [0.4, 0.5) is 24.5 Å². The Bertz CT molecular complexity index is 1470. The minimum atomic E-state index is -4.83. The van der Waals surface area contributed by atoms with Crippen molar-refractivity contribution < 1.29 is 36.8 Å². The first-order chi connectivity index (χ1) is 20.6. The van der Waals surface area contributed by atoms with Crippen LogP contribution in [0.25, 0.3) is 11.3 Å². The second kappa shape index (κ2) is 13.8. The molecule has 1 aliphatic carbocycles. The number of anilines is 2. The normalized spacial score (nSPS) is 15.1. The van der Waals surface area contributed by atoms with Gasteiger partial charge in [0.1, 0.15) is 23.3 Å². The van der Waals surface area contributed by atoms with E-state index in [0.717, 1.165) is 44.5 Å². The van der Waals surface area contributed by atoms with E-state index in [1.54, 1.807) is 18.2 Å². The number of nitrogens with zero attached hydrogens (tertiary/aromatic N) is 3. The zero-order valence-electron chi connectivity index (χ0n) is 22.9. The SMILES string of the molecule is N#CC(=N)C(=O)Nc1ccc(N2CCC(OCc3c(-c4ccccc4OC(F)(F)F)noc3C3CC3)CC2)cc1.NC=O. The summed E-state index contributed by atoms with van der Waals surface area (Å²) >= 11 is 0. The van der Waals surface area contributed by atoms with Crippen LogP contribution in [-0.2, 0) is 20.9 Å². The molecule has 1 saturated heterocycles. The molecule has 1 saturated carbocycles. The molecule has 0 radical (unpaired) electrons. The lowest BCUT2D eigenvalue weighted by Crippen LogP contribution is -2.37. The number of nitrogens with two attached hydrogens (primary N) is 1. The number of alkyl halides is 3. The number of ether oxygens (including phenoxy) is 2. The molecule has 14 heteroatoms. The van der Waals surface area contributed by atoms with E-state index >= 15 is 0 Å². The van der Waals surface area contributed by atoms with Crippen molar-refractivity contribution in [2.75, 3.05) is 23.3 Å². The molecule has 3 aromatic rings. The molecule has 2 heterocycles. The number of nitrogens with one attached hydrogen (secondary N) is 2. The van der Waals surface area contributed by atoms with Crippen molar-refractivity contribution >= 4 is 29.4 Å². The van der Waals surface area contributed by atoms with Gasteiger partial charge in [-0.2, -0.15) is 5.26 Å². The maximum absolute atomic E-state index is 13.0. The van der Waals surface area contributed by atoms with Crippen LogP contribution in [0.2, 0.25) is 0 Å². The van der Waals surface area contributed by atoms with Crippen molar-refractivity contribution in [3.8, 4) is 23.1 Å². The summed E-state index contributed by atoms with van der Waals surface area (Å²) in [5.74, 6) is -0.249. The maximum Gasteiger partial charge on any atom is 0.573 e. The average molecular weight is 599 g/mol. The maximum atomic E-state index is 13.0. The van der Waals surface area contributed by atoms with E-state index in [1.165, 1.54) is 24.3 Å². The summed E-state index contributed by atoms with van der Waals surface area (Å²) in [7, 11) is 0. The Morgan fingerprint density at radius 1 is 1.16 bits per heavy atom. The Morgan fingerprint density at radius 3 is 2.42 bits per heavy atom. The van der Waals surface area contributed by atoms with Gasteiger partial charge < -0.3 is 29.9 Å². The van der Waals surface area contributed by atoms with Gasteiger partial charge in [0.25, 0.3) is 5.91 Å². The lowest BCUT2D eigenvalue weighted by molar-refractivity contribution is -0.274. The molecule has 4 N–H and O–H groups in total. The van der Waals surface area contributed by atoms with Crippen LogP contribution in [-0.4, -0.2) is 48.7 Å². The molecule has 226 valence electrons. The van der Waals surface area contributed by atoms with Crippen LogP contribution in [0.3, 0.4) is 0 Å². The molecule has 2 amide bonds. The fourth-order valence-corrected chi connectivity index (χ4v) is 4.70. The molecule has 1 aliphatic heterocycles. The monoisotopic (exact) mass is 598 g/mol. The number of halogens is 3. The van der Waals surface area contributed by atoms with E-state index in [2.05, 4.69) is 25.8 Å². The molecule has 0 bridgehead atoms. The third-order valence-corrected chi connectivity index (χ3v) is 6.87. The highest BCUT2D eigenvalue weighted by Gasteiger charge is 2.36. The van der Waals surface area contributed by atoms with Crippen LogP contribution < -0.4 is 20.7 Å². The molecular weight excluding hydrogens is 569 g/mol. The molecule has 43 heavy (non-hydrogen) atoms. The Morgan fingerprint density at radius 2 is 1.81 bits per heavy atom. The van der Waals surface area contributed by atoms with E-state index in [1.807, 2.05) is 12.1 Å². The summed E-state index contributed by atoms with van der Waals surface area (Å²) < 4.78 is 55.1. The molecule has 0 unspecified atom stereocenters. The minimum absolute atomic E-state index is 0.0525. The predicted octanol–water partition coefficient (Wildman–Crippen LogP) is 4.89.